The molecule has 0 fully saturated rings. The van der Waals surface area contributed by atoms with E-state index in [4.69, 9.17) is 26.4 Å². The van der Waals surface area contributed by atoms with Crippen LogP contribution >= 0.6 is 12.2 Å². The van der Waals surface area contributed by atoms with Gasteiger partial charge in [0.2, 0.25) is 0 Å². The van der Waals surface area contributed by atoms with E-state index in [1.807, 2.05) is 0 Å². The molecule has 2 aromatic carbocycles. The second-order valence-corrected chi connectivity index (χ2v) is 7.11. The number of carbonyl (C=O) groups is 1. The van der Waals surface area contributed by atoms with Gasteiger partial charge in [-0.05, 0) is 31.2 Å². The van der Waals surface area contributed by atoms with Crippen LogP contribution in [0.2, 0.25) is 0 Å². The van der Waals surface area contributed by atoms with Gasteiger partial charge in [0.05, 0.1) is 25.7 Å². The second kappa shape index (κ2) is 9.19. The summed E-state index contributed by atoms with van der Waals surface area (Å²) in [4.78, 5) is 12.1. The highest BCUT2D eigenvalue weighted by Gasteiger charge is 2.36. The van der Waals surface area contributed by atoms with Crippen LogP contribution in [0.25, 0.3) is 0 Å². The fourth-order valence-corrected chi connectivity index (χ4v) is 3.47. The number of fused-ring (bicyclic) bond motifs is 1. The van der Waals surface area contributed by atoms with Crippen LogP contribution in [0.5, 0.6) is 5.75 Å². The molecule has 1 aliphatic heterocycles. The first-order valence-electron chi connectivity index (χ1n) is 9.31. The predicted molar refractivity (Wildman–Crippen MR) is 109 cm³/mol. The molecule has 0 unspecified atom stereocenters. The Hall–Kier alpha value is -2.72. The van der Waals surface area contributed by atoms with Gasteiger partial charge >= 0.3 is 12.1 Å². The van der Waals surface area contributed by atoms with Crippen molar-refractivity contribution in [1.82, 2.24) is 0 Å². The smallest absolute Gasteiger partial charge is 0.416 e. The van der Waals surface area contributed by atoms with E-state index in [1.165, 1.54) is 31.4 Å². The highest BCUT2D eigenvalue weighted by molar-refractivity contribution is 7.80. The van der Waals surface area contributed by atoms with E-state index in [0.29, 0.717) is 0 Å². The van der Waals surface area contributed by atoms with Gasteiger partial charge < -0.3 is 19.5 Å². The number of methoxy groups -OCH3 is 1. The normalized spacial score (nSPS) is 18.6. The van der Waals surface area contributed by atoms with Crippen molar-refractivity contribution in [2.45, 2.75) is 31.7 Å². The van der Waals surface area contributed by atoms with Gasteiger partial charge in [-0.25, -0.2) is 4.39 Å². The molecule has 2 aromatic rings. The molecule has 2 atom stereocenters. The minimum absolute atomic E-state index is 0.0238. The molecule has 166 valence electrons. The Labute approximate surface area is 181 Å². The number of alkyl halides is 3. The summed E-state index contributed by atoms with van der Waals surface area (Å²) in [5.41, 5.74) is -0.743. The topological polar surface area (TPSA) is 56.8 Å². The van der Waals surface area contributed by atoms with Crippen molar-refractivity contribution in [1.29, 1.82) is 0 Å². The van der Waals surface area contributed by atoms with Crippen molar-refractivity contribution in [3.63, 3.8) is 0 Å². The number of thiocarbonyl (C=S) groups is 1. The lowest BCUT2D eigenvalue weighted by Crippen LogP contribution is -2.31. The third-order valence-electron chi connectivity index (χ3n) is 4.66. The summed E-state index contributed by atoms with van der Waals surface area (Å²) in [5, 5.41) is 2.82. The number of anilines is 1. The number of hydrogen-bond acceptors (Lipinski definition) is 5. The SMILES string of the molecule is CCOC(=O)C[C@@H]1O[C@@H](c2cccc(OC)c2F)c2cc(C(F)(F)F)ccc2NC1=S. The Morgan fingerprint density at radius 2 is 1.97 bits per heavy atom. The highest BCUT2D eigenvalue weighted by Crippen LogP contribution is 2.41. The monoisotopic (exact) mass is 457 g/mol. The van der Waals surface area contributed by atoms with Gasteiger partial charge in [0.25, 0.3) is 0 Å². The van der Waals surface area contributed by atoms with Gasteiger partial charge in [0.15, 0.2) is 11.6 Å². The number of ether oxygens (including phenoxy) is 3. The maximum Gasteiger partial charge on any atom is 0.416 e. The first-order chi connectivity index (χ1) is 14.7. The van der Waals surface area contributed by atoms with Gasteiger partial charge in [-0.3, -0.25) is 4.79 Å². The average molecular weight is 457 g/mol. The summed E-state index contributed by atoms with van der Waals surface area (Å²) in [6.07, 6.45) is -7.25. The summed E-state index contributed by atoms with van der Waals surface area (Å²) in [7, 11) is 1.27. The lowest BCUT2D eigenvalue weighted by atomic mass is 9.96. The fourth-order valence-electron chi connectivity index (χ4n) is 3.22. The first-order valence-corrected chi connectivity index (χ1v) is 9.72. The summed E-state index contributed by atoms with van der Waals surface area (Å²) >= 11 is 5.30. The fraction of sp³-hybridized carbons (Fsp3) is 0.333. The molecule has 0 saturated heterocycles. The highest BCUT2D eigenvalue weighted by atomic mass is 32.1. The zero-order valence-electron chi connectivity index (χ0n) is 16.6. The number of halogens is 4. The number of nitrogens with one attached hydrogen (secondary N) is 1. The van der Waals surface area contributed by atoms with Crippen LogP contribution in [0.15, 0.2) is 36.4 Å². The van der Waals surface area contributed by atoms with Crippen molar-refractivity contribution in [2.75, 3.05) is 19.0 Å². The predicted octanol–water partition coefficient (Wildman–Crippen LogP) is 5.03. The molecule has 0 spiro atoms. The number of esters is 1. The van der Waals surface area contributed by atoms with E-state index < -0.39 is 35.7 Å². The van der Waals surface area contributed by atoms with Crippen LogP contribution in [-0.2, 0) is 20.4 Å². The molecule has 1 heterocycles. The number of benzene rings is 2. The molecule has 0 amide bonds. The first kappa shape index (κ1) is 23.0. The zero-order valence-corrected chi connectivity index (χ0v) is 17.4. The van der Waals surface area contributed by atoms with E-state index >= 15 is 4.39 Å². The van der Waals surface area contributed by atoms with E-state index in [-0.39, 0.29) is 40.6 Å². The van der Waals surface area contributed by atoms with Gasteiger partial charge in [-0.1, -0.05) is 24.4 Å². The third-order valence-corrected chi connectivity index (χ3v) is 5.03. The number of carbonyl (C=O) groups excluding carboxylic acids is 1. The molecule has 0 aliphatic carbocycles. The molecule has 1 N–H and O–H groups in total. The third kappa shape index (κ3) is 4.96. The van der Waals surface area contributed by atoms with Crippen LogP contribution in [0.1, 0.15) is 36.1 Å². The molecule has 3 rings (SSSR count). The van der Waals surface area contributed by atoms with E-state index in [2.05, 4.69) is 5.32 Å². The van der Waals surface area contributed by atoms with Crippen molar-refractivity contribution in [2.24, 2.45) is 0 Å². The molecule has 5 nitrogen and oxygen atoms in total. The Morgan fingerprint density at radius 3 is 2.61 bits per heavy atom. The number of rotatable bonds is 5. The zero-order chi connectivity index (χ0) is 22.8. The minimum Gasteiger partial charge on any atom is -0.494 e. The Bertz CT molecular complexity index is 996. The lowest BCUT2D eigenvalue weighted by Gasteiger charge is -2.23. The summed E-state index contributed by atoms with van der Waals surface area (Å²) in [5.74, 6) is -1.50. The summed E-state index contributed by atoms with van der Waals surface area (Å²) in [6, 6.07) is 7.21. The van der Waals surface area contributed by atoms with E-state index in [0.717, 1.165) is 12.1 Å². The van der Waals surface area contributed by atoms with Crippen molar-refractivity contribution in [3.8, 4) is 5.75 Å². The van der Waals surface area contributed by atoms with Gasteiger partial charge in [0.1, 0.15) is 17.2 Å². The van der Waals surface area contributed by atoms with Crippen molar-refractivity contribution in [3.05, 3.63) is 58.9 Å². The largest absolute Gasteiger partial charge is 0.494 e. The van der Waals surface area contributed by atoms with E-state index in [1.54, 1.807) is 6.92 Å². The molecular formula is C21H19F4NO4S. The van der Waals surface area contributed by atoms with Gasteiger partial charge in [-0.2, -0.15) is 13.2 Å². The standard InChI is InChI=1S/C21H19F4NO4S/c1-3-29-17(27)10-16-20(31)26-14-8-7-11(21(23,24)25)9-13(14)19(30-16)12-5-4-6-15(28-2)18(12)22/h4-9,16,19H,3,10H2,1-2H3,(H,26,31)/t16-,19-/m0/s1. The quantitative estimate of drug-likeness (QED) is 0.386. The van der Waals surface area contributed by atoms with Crippen LogP contribution in [0.3, 0.4) is 0 Å². The Morgan fingerprint density at radius 1 is 1.23 bits per heavy atom. The summed E-state index contributed by atoms with van der Waals surface area (Å²) < 4.78 is 71.0. The Balaban J connectivity index is 2.14. The second-order valence-electron chi connectivity index (χ2n) is 6.67. The molecule has 1 aliphatic rings. The molecule has 0 saturated carbocycles. The molecule has 10 heteroatoms. The maximum absolute atomic E-state index is 15.1. The van der Waals surface area contributed by atoms with Crippen LogP contribution in [0.4, 0.5) is 23.2 Å². The average Bonchev–Trinajstić information content (AvgIpc) is 2.84. The molecule has 0 aromatic heterocycles. The van der Waals surface area contributed by atoms with Crippen LogP contribution in [-0.4, -0.2) is 30.8 Å². The molecule has 0 radical (unpaired) electrons. The minimum atomic E-state index is -4.62. The van der Waals surface area contributed by atoms with E-state index in [9.17, 15) is 18.0 Å². The van der Waals surface area contributed by atoms with Crippen molar-refractivity contribution < 1.29 is 36.6 Å². The van der Waals surface area contributed by atoms with Gasteiger partial charge in [-0.15, -0.1) is 0 Å². The van der Waals surface area contributed by atoms with Gasteiger partial charge in [0, 0.05) is 16.8 Å². The van der Waals surface area contributed by atoms with Crippen LogP contribution in [0, 0.1) is 5.82 Å². The van der Waals surface area contributed by atoms with Crippen molar-refractivity contribution >= 4 is 28.9 Å². The molecular weight excluding hydrogens is 438 g/mol. The lowest BCUT2D eigenvalue weighted by molar-refractivity contribution is -0.145. The maximum atomic E-state index is 15.1. The Kier molecular flexibility index (Phi) is 6.80. The van der Waals surface area contributed by atoms with Crippen LogP contribution < -0.4 is 10.1 Å². The molecule has 31 heavy (non-hydrogen) atoms. The summed E-state index contributed by atoms with van der Waals surface area (Å²) in [6.45, 7) is 1.76. The number of hydrogen-bond donors (Lipinski definition) is 1. The molecule has 0 bridgehead atoms.